The van der Waals surface area contributed by atoms with Gasteiger partial charge in [-0.2, -0.15) is 0 Å². The van der Waals surface area contributed by atoms with Crippen molar-refractivity contribution in [3.8, 4) is 0 Å². The van der Waals surface area contributed by atoms with Gasteiger partial charge in [0.1, 0.15) is 11.8 Å². The van der Waals surface area contributed by atoms with Gasteiger partial charge in [-0.1, -0.05) is 13.8 Å². The number of amides is 2. The second-order valence-corrected chi connectivity index (χ2v) is 5.46. The van der Waals surface area contributed by atoms with Crippen molar-refractivity contribution in [2.45, 2.75) is 45.6 Å². The number of carbonyl (C=O) groups excluding carboxylic acids is 3. The van der Waals surface area contributed by atoms with E-state index >= 15 is 0 Å². The molecule has 0 heterocycles. The van der Waals surface area contributed by atoms with Crippen LogP contribution in [-0.4, -0.2) is 67.7 Å². The summed E-state index contributed by atoms with van der Waals surface area (Å²) in [7, 11) is 5.43. The standard InChI is InChI=1S/C15H29N3O3/c1-6-8-14(20)18(5)13(11-12(19)7-2)15(21)16-9-10-17(3)4/h13H,6-11H2,1-5H3,(H,16,21). The summed E-state index contributed by atoms with van der Waals surface area (Å²) in [6.45, 7) is 4.89. The van der Waals surface area contributed by atoms with Gasteiger partial charge in [0, 0.05) is 39.4 Å². The zero-order valence-electron chi connectivity index (χ0n) is 13.9. The highest BCUT2D eigenvalue weighted by molar-refractivity contribution is 5.92. The molecule has 0 rings (SSSR count). The summed E-state index contributed by atoms with van der Waals surface area (Å²) in [6, 6.07) is -0.710. The second kappa shape index (κ2) is 10.3. The number of rotatable bonds is 10. The SMILES string of the molecule is CCCC(=O)N(C)C(CC(=O)CC)C(=O)NCCN(C)C. The molecule has 1 atom stereocenters. The molecule has 0 aromatic rings. The molecule has 0 spiro atoms. The maximum Gasteiger partial charge on any atom is 0.243 e. The first-order chi connectivity index (χ1) is 9.83. The lowest BCUT2D eigenvalue weighted by Crippen LogP contribution is -2.49. The predicted octanol–water partition coefficient (Wildman–Crippen LogP) is 0.661. The predicted molar refractivity (Wildman–Crippen MR) is 82.9 cm³/mol. The van der Waals surface area contributed by atoms with Gasteiger partial charge in [0.2, 0.25) is 11.8 Å². The molecule has 6 heteroatoms. The lowest BCUT2D eigenvalue weighted by molar-refractivity contribution is -0.140. The minimum atomic E-state index is -0.710. The first-order valence-corrected chi connectivity index (χ1v) is 7.53. The van der Waals surface area contributed by atoms with E-state index in [1.807, 2.05) is 25.9 Å². The molecule has 0 saturated carbocycles. The molecular formula is C15H29N3O3. The zero-order valence-corrected chi connectivity index (χ0v) is 13.9. The van der Waals surface area contributed by atoms with Crippen LogP contribution in [0.15, 0.2) is 0 Å². The van der Waals surface area contributed by atoms with Gasteiger partial charge in [0.15, 0.2) is 0 Å². The van der Waals surface area contributed by atoms with Crippen LogP contribution >= 0.6 is 0 Å². The summed E-state index contributed by atoms with van der Waals surface area (Å²) in [4.78, 5) is 39.2. The van der Waals surface area contributed by atoms with Gasteiger partial charge in [-0.3, -0.25) is 14.4 Å². The number of Topliss-reactive ketones (excluding diaryl/α,β-unsaturated/α-hetero) is 1. The van der Waals surface area contributed by atoms with E-state index in [2.05, 4.69) is 5.32 Å². The quantitative estimate of drug-likeness (QED) is 0.643. The van der Waals surface area contributed by atoms with Crippen LogP contribution < -0.4 is 5.32 Å². The van der Waals surface area contributed by atoms with E-state index in [0.29, 0.717) is 25.9 Å². The Morgan fingerprint density at radius 3 is 2.19 bits per heavy atom. The fourth-order valence-electron chi connectivity index (χ4n) is 1.85. The van der Waals surface area contributed by atoms with Crippen molar-refractivity contribution in [2.75, 3.05) is 34.2 Å². The van der Waals surface area contributed by atoms with E-state index in [4.69, 9.17) is 0 Å². The smallest absolute Gasteiger partial charge is 0.243 e. The Bertz CT molecular complexity index is 356. The molecule has 6 nitrogen and oxygen atoms in total. The van der Waals surface area contributed by atoms with Gasteiger partial charge in [-0.25, -0.2) is 0 Å². The van der Waals surface area contributed by atoms with Crippen LogP contribution in [0.1, 0.15) is 39.5 Å². The summed E-state index contributed by atoms with van der Waals surface area (Å²) in [5, 5.41) is 2.79. The van der Waals surface area contributed by atoms with Crippen LogP contribution in [0.5, 0.6) is 0 Å². The van der Waals surface area contributed by atoms with E-state index in [-0.39, 0.29) is 24.0 Å². The summed E-state index contributed by atoms with van der Waals surface area (Å²) in [5.41, 5.74) is 0. The van der Waals surface area contributed by atoms with E-state index in [9.17, 15) is 14.4 Å². The first-order valence-electron chi connectivity index (χ1n) is 7.53. The van der Waals surface area contributed by atoms with Gasteiger partial charge >= 0.3 is 0 Å². The van der Waals surface area contributed by atoms with Crippen LogP contribution in [0, 0.1) is 0 Å². The van der Waals surface area contributed by atoms with Gasteiger partial charge < -0.3 is 15.1 Å². The molecule has 0 radical (unpaired) electrons. The van der Waals surface area contributed by atoms with Gasteiger partial charge in [0.25, 0.3) is 0 Å². The molecule has 0 aliphatic heterocycles. The Balaban J connectivity index is 4.74. The summed E-state index contributed by atoms with van der Waals surface area (Å²) < 4.78 is 0. The summed E-state index contributed by atoms with van der Waals surface area (Å²) in [5.74, 6) is -0.376. The fourth-order valence-corrected chi connectivity index (χ4v) is 1.85. The molecule has 0 bridgehead atoms. The Morgan fingerprint density at radius 1 is 1.10 bits per heavy atom. The third kappa shape index (κ3) is 7.80. The van der Waals surface area contributed by atoms with Crippen molar-refractivity contribution in [3.63, 3.8) is 0 Å². The van der Waals surface area contributed by atoms with Crippen molar-refractivity contribution in [1.82, 2.24) is 15.1 Å². The number of carbonyl (C=O) groups is 3. The minimum absolute atomic E-state index is 0.0149. The highest BCUT2D eigenvalue weighted by Gasteiger charge is 2.28. The van der Waals surface area contributed by atoms with Crippen LogP contribution in [0.25, 0.3) is 0 Å². The molecule has 0 aliphatic carbocycles. The van der Waals surface area contributed by atoms with Crippen LogP contribution in [0.4, 0.5) is 0 Å². The molecule has 0 aromatic carbocycles. The number of likely N-dealkylation sites (N-methyl/N-ethyl adjacent to an activating group) is 2. The van der Waals surface area contributed by atoms with Crippen molar-refractivity contribution in [3.05, 3.63) is 0 Å². The molecular weight excluding hydrogens is 270 g/mol. The number of ketones is 1. The monoisotopic (exact) mass is 299 g/mol. The number of hydrogen-bond donors (Lipinski definition) is 1. The first kappa shape index (κ1) is 19.6. The number of hydrogen-bond acceptors (Lipinski definition) is 4. The average molecular weight is 299 g/mol. The van der Waals surface area contributed by atoms with Crippen LogP contribution in [0.3, 0.4) is 0 Å². The normalized spacial score (nSPS) is 12.1. The van der Waals surface area contributed by atoms with Gasteiger partial charge in [-0.15, -0.1) is 0 Å². The summed E-state index contributed by atoms with van der Waals surface area (Å²) in [6.07, 6.45) is 1.56. The second-order valence-electron chi connectivity index (χ2n) is 5.46. The molecule has 0 fully saturated rings. The molecule has 0 saturated heterocycles. The van der Waals surface area contributed by atoms with Crippen LogP contribution in [0.2, 0.25) is 0 Å². The molecule has 2 amide bonds. The lowest BCUT2D eigenvalue weighted by Gasteiger charge is -2.27. The Morgan fingerprint density at radius 2 is 1.71 bits per heavy atom. The lowest BCUT2D eigenvalue weighted by atomic mass is 10.1. The van der Waals surface area contributed by atoms with E-state index in [0.717, 1.165) is 6.42 Å². The van der Waals surface area contributed by atoms with Crippen molar-refractivity contribution in [1.29, 1.82) is 0 Å². The minimum Gasteiger partial charge on any atom is -0.353 e. The van der Waals surface area contributed by atoms with Crippen molar-refractivity contribution < 1.29 is 14.4 Å². The Labute approximate surface area is 127 Å². The molecule has 0 aromatic heterocycles. The van der Waals surface area contributed by atoms with E-state index in [1.165, 1.54) is 4.90 Å². The van der Waals surface area contributed by atoms with Crippen molar-refractivity contribution >= 4 is 17.6 Å². The van der Waals surface area contributed by atoms with Crippen molar-refractivity contribution in [2.24, 2.45) is 0 Å². The Kier molecular flexibility index (Phi) is 9.62. The average Bonchev–Trinajstić information content (AvgIpc) is 2.43. The highest BCUT2D eigenvalue weighted by Crippen LogP contribution is 2.08. The van der Waals surface area contributed by atoms with Gasteiger partial charge in [0.05, 0.1) is 0 Å². The van der Waals surface area contributed by atoms with E-state index < -0.39 is 6.04 Å². The van der Waals surface area contributed by atoms with Crippen LogP contribution in [-0.2, 0) is 14.4 Å². The molecule has 21 heavy (non-hydrogen) atoms. The molecule has 1 unspecified atom stereocenters. The fraction of sp³-hybridized carbons (Fsp3) is 0.800. The Hall–Kier alpha value is -1.43. The zero-order chi connectivity index (χ0) is 16.4. The summed E-state index contributed by atoms with van der Waals surface area (Å²) >= 11 is 0. The molecule has 0 aliphatic rings. The highest BCUT2D eigenvalue weighted by atomic mass is 16.2. The van der Waals surface area contributed by atoms with E-state index in [1.54, 1.807) is 14.0 Å². The molecule has 1 N–H and O–H groups in total. The topological polar surface area (TPSA) is 69.7 Å². The molecule has 122 valence electrons. The largest absolute Gasteiger partial charge is 0.353 e. The number of nitrogens with zero attached hydrogens (tertiary/aromatic N) is 2. The third-order valence-corrected chi connectivity index (χ3v) is 3.30. The maximum atomic E-state index is 12.3. The third-order valence-electron chi connectivity index (χ3n) is 3.30. The number of nitrogens with one attached hydrogen (secondary N) is 1. The van der Waals surface area contributed by atoms with Gasteiger partial charge in [-0.05, 0) is 20.5 Å². The maximum absolute atomic E-state index is 12.3.